The van der Waals surface area contributed by atoms with Crippen LogP contribution in [-0.4, -0.2) is 36.0 Å². The first-order chi connectivity index (χ1) is 21.5. The van der Waals surface area contributed by atoms with E-state index in [0.29, 0.717) is 30.6 Å². The maximum Gasteiger partial charge on any atom is 0.352 e. The maximum absolute atomic E-state index is 14.1. The number of hydrogen-bond donors (Lipinski definition) is 3. The van der Waals surface area contributed by atoms with E-state index in [9.17, 15) is 19.5 Å². The van der Waals surface area contributed by atoms with Gasteiger partial charge in [0.25, 0.3) is 5.91 Å². The number of H-pyrrole nitrogens is 1. The Morgan fingerprint density at radius 3 is 2.41 bits per heavy atom. The Labute approximate surface area is 251 Å². The molecule has 0 fully saturated rings. The highest BCUT2D eigenvalue weighted by atomic mass is 16.3. The van der Waals surface area contributed by atoms with Crippen LogP contribution in [0.25, 0.3) is 38.6 Å². The van der Waals surface area contributed by atoms with E-state index in [0.717, 1.165) is 49.6 Å². The van der Waals surface area contributed by atoms with Crippen molar-refractivity contribution in [1.29, 1.82) is 0 Å². The van der Waals surface area contributed by atoms with E-state index in [1.54, 1.807) is 24.3 Å². The lowest BCUT2D eigenvalue weighted by atomic mass is 9.83. The van der Waals surface area contributed by atoms with Crippen molar-refractivity contribution in [2.45, 2.75) is 50.4 Å². The molecule has 218 valence electrons. The summed E-state index contributed by atoms with van der Waals surface area (Å²) in [5.74, 6) is -0.658. The number of benzene rings is 4. The first kappa shape index (κ1) is 25.4. The molecular formula is C35H29N5O4. The molecule has 0 saturated carbocycles. The van der Waals surface area contributed by atoms with Gasteiger partial charge in [0.2, 0.25) is 0 Å². The number of nitrogens with zero attached hydrogens (tertiary/aromatic N) is 3. The predicted octanol–water partition coefficient (Wildman–Crippen LogP) is 4.75. The summed E-state index contributed by atoms with van der Waals surface area (Å²) in [7, 11) is 0. The average Bonchev–Trinajstić information content (AvgIpc) is 3.77. The van der Waals surface area contributed by atoms with Crippen LogP contribution < -0.4 is 16.7 Å². The monoisotopic (exact) mass is 583 g/mol. The van der Waals surface area contributed by atoms with Crippen LogP contribution in [0.1, 0.15) is 64.8 Å². The van der Waals surface area contributed by atoms with Gasteiger partial charge in [-0.2, -0.15) is 0 Å². The molecular weight excluding hydrogens is 554 g/mol. The number of hydrogen-bond acceptors (Lipinski definition) is 4. The summed E-state index contributed by atoms with van der Waals surface area (Å²) in [6.07, 6.45) is 0.0996. The third-order valence-corrected chi connectivity index (χ3v) is 10.00. The van der Waals surface area contributed by atoms with Gasteiger partial charge in [0.15, 0.2) is 0 Å². The van der Waals surface area contributed by atoms with Crippen molar-refractivity contribution in [3.63, 3.8) is 0 Å². The average molecular weight is 584 g/mol. The van der Waals surface area contributed by atoms with Gasteiger partial charge in [0.05, 0.1) is 35.0 Å². The van der Waals surface area contributed by atoms with Crippen molar-refractivity contribution in [3.8, 4) is 16.8 Å². The molecule has 1 amide bonds. The van der Waals surface area contributed by atoms with Gasteiger partial charge < -0.3 is 15.4 Å². The first-order valence-electron chi connectivity index (χ1n) is 15.1. The highest BCUT2D eigenvalue weighted by Gasteiger charge is 2.46. The third-order valence-electron chi connectivity index (χ3n) is 10.00. The molecule has 9 nitrogen and oxygen atoms in total. The second-order valence-electron chi connectivity index (χ2n) is 12.2. The first-order valence-corrected chi connectivity index (χ1v) is 15.1. The number of carbonyl (C=O) groups excluding carboxylic acids is 1. The number of aromatic nitrogens is 4. The molecule has 4 aromatic carbocycles. The smallest absolute Gasteiger partial charge is 0.352 e. The van der Waals surface area contributed by atoms with Crippen LogP contribution in [0, 0.1) is 0 Å². The molecule has 1 aliphatic carbocycles. The van der Waals surface area contributed by atoms with E-state index in [2.05, 4.69) is 16.4 Å². The topological polar surface area (TPSA) is 114 Å². The molecule has 0 bridgehead atoms. The number of rotatable bonds is 3. The van der Waals surface area contributed by atoms with Crippen molar-refractivity contribution in [2.24, 2.45) is 0 Å². The lowest BCUT2D eigenvalue weighted by Gasteiger charge is -2.35. The van der Waals surface area contributed by atoms with Crippen LogP contribution in [0.5, 0.6) is 0 Å². The molecule has 3 N–H and O–H groups in total. The minimum atomic E-state index is -1.06. The second kappa shape index (κ2) is 8.93. The zero-order valence-electron chi connectivity index (χ0n) is 23.9. The molecule has 4 heterocycles. The molecule has 44 heavy (non-hydrogen) atoms. The Balaban J connectivity index is 1.31. The summed E-state index contributed by atoms with van der Waals surface area (Å²) in [6.45, 7) is 2.37. The molecule has 4 atom stereocenters. The number of amides is 1. The second-order valence-corrected chi connectivity index (χ2v) is 12.2. The normalized spacial score (nSPS) is 20.8. The number of aliphatic hydroxyl groups excluding tert-OH is 1. The van der Waals surface area contributed by atoms with Crippen molar-refractivity contribution >= 4 is 27.7 Å². The van der Waals surface area contributed by atoms with E-state index in [-0.39, 0.29) is 11.9 Å². The van der Waals surface area contributed by atoms with E-state index in [4.69, 9.17) is 0 Å². The summed E-state index contributed by atoms with van der Waals surface area (Å²) >= 11 is 0. The Hall–Kier alpha value is -5.15. The number of nitrogens with one attached hydrogen (secondary N) is 2. The van der Waals surface area contributed by atoms with Gasteiger partial charge in [-0.1, -0.05) is 60.7 Å². The summed E-state index contributed by atoms with van der Waals surface area (Å²) in [5, 5.41) is 17.6. The molecule has 3 aliphatic rings. The maximum atomic E-state index is 14.1. The van der Waals surface area contributed by atoms with Crippen LogP contribution in [0.4, 0.5) is 0 Å². The fraction of sp³-hybridized carbons (Fsp3) is 0.229. The Morgan fingerprint density at radius 2 is 1.57 bits per heavy atom. The van der Waals surface area contributed by atoms with Crippen LogP contribution in [0.15, 0.2) is 88.5 Å². The quantitative estimate of drug-likeness (QED) is 0.279. The van der Waals surface area contributed by atoms with Crippen molar-refractivity contribution in [1.82, 2.24) is 24.2 Å². The van der Waals surface area contributed by atoms with Gasteiger partial charge in [0, 0.05) is 34.3 Å². The highest BCUT2D eigenvalue weighted by molar-refractivity contribution is 6.20. The molecule has 0 spiro atoms. The van der Waals surface area contributed by atoms with Gasteiger partial charge in [-0.25, -0.2) is 23.5 Å². The summed E-state index contributed by atoms with van der Waals surface area (Å²) < 4.78 is 4.20. The van der Waals surface area contributed by atoms with Gasteiger partial charge in [-0.15, -0.1) is 0 Å². The molecule has 0 saturated heterocycles. The minimum Gasteiger partial charge on any atom is -0.390 e. The van der Waals surface area contributed by atoms with Gasteiger partial charge in [-0.05, 0) is 60.2 Å². The molecule has 6 aromatic rings. The van der Waals surface area contributed by atoms with Crippen molar-refractivity contribution in [3.05, 3.63) is 122 Å². The molecule has 9 rings (SSSR count). The van der Waals surface area contributed by atoms with Crippen molar-refractivity contribution < 1.29 is 9.90 Å². The number of aliphatic hydroxyl groups is 1. The third kappa shape index (κ3) is 3.14. The highest BCUT2D eigenvalue weighted by Crippen LogP contribution is 2.55. The number of aromatic amines is 1. The van der Waals surface area contributed by atoms with E-state index in [1.807, 2.05) is 55.5 Å². The molecule has 2 aromatic heterocycles. The predicted molar refractivity (Wildman–Crippen MR) is 168 cm³/mol. The van der Waals surface area contributed by atoms with Gasteiger partial charge in [0.1, 0.15) is 0 Å². The molecule has 2 aliphatic heterocycles. The molecule has 4 unspecified atom stereocenters. The molecule has 0 radical (unpaired) electrons. The van der Waals surface area contributed by atoms with Crippen LogP contribution in [-0.2, 0) is 6.54 Å². The SMILES string of the molecule is CC1CCC(C(O)C2c3ccccc3-c3c4c(c5c([nH]c6ccccc65)c32)CNC4=O)n2c(=O)n(-c3ccccc3)c(=O)n21. The minimum absolute atomic E-state index is 0.120. The van der Waals surface area contributed by atoms with Gasteiger partial charge in [-0.3, -0.25) is 4.79 Å². The zero-order valence-corrected chi connectivity index (χ0v) is 23.9. The Bertz CT molecular complexity index is 2310. The summed E-state index contributed by atoms with van der Waals surface area (Å²) in [4.78, 5) is 44.9. The summed E-state index contributed by atoms with van der Waals surface area (Å²) in [6, 6.07) is 24.0. The lowest BCUT2D eigenvalue weighted by molar-refractivity contribution is 0.0548. The lowest BCUT2D eigenvalue weighted by Crippen LogP contribution is -2.43. The fourth-order valence-electron chi connectivity index (χ4n) is 8.14. The largest absolute Gasteiger partial charge is 0.390 e. The molecule has 9 heteroatoms. The number of fused-ring (bicyclic) bond motifs is 11. The zero-order chi connectivity index (χ0) is 29.9. The van der Waals surface area contributed by atoms with E-state index in [1.165, 1.54) is 13.9 Å². The number of carbonyl (C=O) groups is 1. The Kier molecular flexibility index (Phi) is 5.15. The fourth-order valence-corrected chi connectivity index (χ4v) is 8.14. The number of para-hydroxylation sites is 2. The van der Waals surface area contributed by atoms with Crippen LogP contribution in [0.3, 0.4) is 0 Å². The summed E-state index contributed by atoms with van der Waals surface area (Å²) in [5.41, 5.74) is 6.61. The van der Waals surface area contributed by atoms with E-state index >= 15 is 0 Å². The van der Waals surface area contributed by atoms with Gasteiger partial charge >= 0.3 is 11.4 Å². The van der Waals surface area contributed by atoms with E-state index < -0.39 is 29.4 Å². The van der Waals surface area contributed by atoms with Crippen molar-refractivity contribution in [2.75, 3.05) is 0 Å². The van der Waals surface area contributed by atoms with Crippen LogP contribution >= 0.6 is 0 Å². The standard InChI is InChI=1S/C35H29N5O4/c1-18-15-16-25(40-35(44)38(34(43)39(18)40)19-9-3-2-4-10-19)32(41)28-21-12-6-5-11-20(21)27-29-23(17-36-33(29)42)26-22-13-7-8-14-24(22)37-31(26)30(27)28/h2-14,18,25,28,32,37,41H,15-17H2,1H3,(H,36,42). The Morgan fingerprint density at radius 1 is 0.841 bits per heavy atom. The van der Waals surface area contributed by atoms with Crippen LogP contribution in [0.2, 0.25) is 0 Å².